The molecule has 0 aliphatic rings. The van der Waals surface area contributed by atoms with Crippen LogP contribution < -0.4 is 10.2 Å². The van der Waals surface area contributed by atoms with Gasteiger partial charge in [0.25, 0.3) is 0 Å². The fourth-order valence-corrected chi connectivity index (χ4v) is 1.96. The lowest BCUT2D eigenvalue weighted by Crippen LogP contribution is -2.10. The first-order valence-corrected chi connectivity index (χ1v) is 6.21. The second kappa shape index (κ2) is 5.45. The Bertz CT molecular complexity index is 599. The van der Waals surface area contributed by atoms with Crippen molar-refractivity contribution in [3.05, 3.63) is 46.9 Å². The van der Waals surface area contributed by atoms with Gasteiger partial charge in [0, 0.05) is 31.7 Å². The Hall–Kier alpha value is -1.81. The fourth-order valence-electron chi connectivity index (χ4n) is 1.81. The molecule has 0 radical (unpaired) electrons. The van der Waals surface area contributed by atoms with Crippen LogP contribution in [0, 0.1) is 12.7 Å². The van der Waals surface area contributed by atoms with Crippen LogP contribution in [0.1, 0.15) is 5.56 Å². The molecule has 2 rings (SSSR count). The van der Waals surface area contributed by atoms with Crippen LogP contribution in [0.15, 0.2) is 30.5 Å². The third-order valence-corrected chi connectivity index (χ3v) is 2.97. The first kappa shape index (κ1) is 13.6. The number of benzene rings is 1. The molecule has 1 aromatic heterocycles. The van der Waals surface area contributed by atoms with Gasteiger partial charge in [-0.15, -0.1) is 0 Å². The van der Waals surface area contributed by atoms with E-state index < -0.39 is 5.82 Å². The van der Waals surface area contributed by atoms with Gasteiger partial charge >= 0.3 is 0 Å². The van der Waals surface area contributed by atoms with Gasteiger partial charge in [0.2, 0.25) is 0 Å². The van der Waals surface area contributed by atoms with Crippen molar-refractivity contribution < 1.29 is 4.39 Å². The van der Waals surface area contributed by atoms with E-state index in [0.717, 1.165) is 16.9 Å². The number of rotatable bonds is 3. The maximum Gasteiger partial charge on any atom is 0.167 e. The highest BCUT2D eigenvalue weighted by molar-refractivity contribution is 6.30. The molecule has 0 saturated heterocycles. The van der Waals surface area contributed by atoms with E-state index in [1.54, 1.807) is 0 Å². The molecule has 1 heterocycles. The van der Waals surface area contributed by atoms with E-state index in [1.807, 2.05) is 44.1 Å². The molecule has 0 spiro atoms. The lowest BCUT2D eigenvalue weighted by molar-refractivity contribution is 0.626. The third-order valence-electron chi connectivity index (χ3n) is 2.76. The molecule has 3 nitrogen and oxygen atoms in total. The molecule has 5 heteroatoms. The van der Waals surface area contributed by atoms with Gasteiger partial charge < -0.3 is 10.2 Å². The predicted molar refractivity (Wildman–Crippen MR) is 78.0 cm³/mol. The third kappa shape index (κ3) is 3.15. The van der Waals surface area contributed by atoms with Gasteiger partial charge in [-0.05, 0) is 30.7 Å². The van der Waals surface area contributed by atoms with Crippen molar-refractivity contribution in [2.24, 2.45) is 0 Å². The zero-order chi connectivity index (χ0) is 14.0. The molecule has 0 bridgehead atoms. The number of pyridine rings is 1. The molecule has 2 aromatic rings. The summed E-state index contributed by atoms with van der Waals surface area (Å²) in [6.45, 7) is 2.03. The van der Waals surface area contributed by atoms with Crippen LogP contribution in [0.4, 0.5) is 21.6 Å². The van der Waals surface area contributed by atoms with E-state index in [4.69, 9.17) is 11.6 Å². The quantitative estimate of drug-likeness (QED) is 0.921. The maximum atomic E-state index is 13.7. The Morgan fingerprint density at radius 1 is 1.26 bits per heavy atom. The molecule has 0 atom stereocenters. The van der Waals surface area contributed by atoms with Crippen molar-refractivity contribution in [2.45, 2.75) is 6.92 Å². The van der Waals surface area contributed by atoms with Gasteiger partial charge in [-0.3, -0.25) is 0 Å². The summed E-state index contributed by atoms with van der Waals surface area (Å²) in [4.78, 5) is 5.94. The number of hydrogen-bond acceptors (Lipinski definition) is 3. The van der Waals surface area contributed by atoms with E-state index in [9.17, 15) is 4.39 Å². The van der Waals surface area contributed by atoms with Crippen LogP contribution in [0.5, 0.6) is 0 Å². The molecule has 0 aliphatic heterocycles. The van der Waals surface area contributed by atoms with Crippen LogP contribution in [0.25, 0.3) is 0 Å². The lowest BCUT2D eigenvalue weighted by Gasteiger charge is -2.17. The summed E-state index contributed by atoms with van der Waals surface area (Å²) in [5, 5.41) is 3.23. The Labute approximate surface area is 117 Å². The highest BCUT2D eigenvalue weighted by atomic mass is 35.5. The predicted octanol–water partition coefficient (Wildman–Crippen LogP) is 3.99. The minimum absolute atomic E-state index is 0.165. The van der Waals surface area contributed by atoms with E-state index in [-0.39, 0.29) is 10.8 Å². The number of halogens is 2. The van der Waals surface area contributed by atoms with Crippen molar-refractivity contribution in [3.63, 3.8) is 0 Å². The topological polar surface area (TPSA) is 28.2 Å². The number of hydrogen-bond donors (Lipinski definition) is 1. The molecule has 1 aromatic carbocycles. The van der Waals surface area contributed by atoms with E-state index in [2.05, 4.69) is 10.3 Å². The van der Waals surface area contributed by atoms with Crippen LogP contribution in [0.2, 0.25) is 5.02 Å². The molecule has 0 fully saturated rings. The molecule has 19 heavy (non-hydrogen) atoms. The summed E-state index contributed by atoms with van der Waals surface area (Å²) in [6, 6.07) is 7.05. The second-order valence-corrected chi connectivity index (χ2v) is 4.94. The zero-order valence-corrected chi connectivity index (χ0v) is 11.8. The molecular weight excluding hydrogens is 265 g/mol. The largest absolute Gasteiger partial charge is 0.377 e. The fraction of sp³-hybridized carbons (Fsp3) is 0.214. The Balaban J connectivity index is 2.31. The van der Waals surface area contributed by atoms with Crippen LogP contribution in [-0.2, 0) is 0 Å². The smallest absolute Gasteiger partial charge is 0.167 e. The average molecular weight is 280 g/mol. The van der Waals surface area contributed by atoms with E-state index >= 15 is 0 Å². The molecule has 1 N–H and O–H groups in total. The first-order chi connectivity index (χ1) is 8.97. The molecule has 0 unspecified atom stereocenters. The normalized spacial score (nSPS) is 10.4. The van der Waals surface area contributed by atoms with Gasteiger partial charge in [-0.1, -0.05) is 17.7 Å². The van der Waals surface area contributed by atoms with Crippen LogP contribution in [0.3, 0.4) is 0 Å². The highest BCUT2D eigenvalue weighted by Crippen LogP contribution is 2.26. The Morgan fingerprint density at radius 2 is 2.00 bits per heavy atom. The van der Waals surface area contributed by atoms with Gasteiger partial charge in [0.15, 0.2) is 11.6 Å². The summed E-state index contributed by atoms with van der Waals surface area (Å²) in [5.41, 5.74) is 3.00. The highest BCUT2D eigenvalue weighted by Gasteiger charge is 2.07. The standard InChI is InChI=1S/C14H15ClFN3/c1-9-4-5-11(7-13(9)19(2)3)18-14-12(16)6-10(15)8-17-14/h4-8H,1-3H3,(H,17,18). The summed E-state index contributed by atoms with van der Waals surface area (Å²) in [5.74, 6) is -0.308. The number of nitrogens with zero attached hydrogens (tertiary/aromatic N) is 2. The SMILES string of the molecule is Cc1ccc(Nc2ncc(Cl)cc2F)cc1N(C)C. The zero-order valence-electron chi connectivity index (χ0n) is 11.0. The summed E-state index contributed by atoms with van der Waals surface area (Å²) < 4.78 is 13.7. The van der Waals surface area contributed by atoms with Gasteiger partial charge in [-0.25, -0.2) is 9.37 Å². The number of anilines is 3. The second-order valence-electron chi connectivity index (χ2n) is 4.50. The van der Waals surface area contributed by atoms with Crippen molar-refractivity contribution in [2.75, 3.05) is 24.3 Å². The monoisotopic (exact) mass is 279 g/mol. The molecular formula is C14H15ClFN3. The first-order valence-electron chi connectivity index (χ1n) is 5.83. The van der Waals surface area contributed by atoms with E-state index in [0.29, 0.717) is 0 Å². The van der Waals surface area contributed by atoms with Gasteiger partial charge in [0.05, 0.1) is 5.02 Å². The van der Waals surface area contributed by atoms with Crippen molar-refractivity contribution in [1.82, 2.24) is 4.98 Å². The Kier molecular flexibility index (Phi) is 3.90. The molecule has 100 valence electrons. The molecule has 0 aliphatic carbocycles. The molecule has 0 saturated carbocycles. The van der Waals surface area contributed by atoms with Crippen LogP contribution >= 0.6 is 11.6 Å². The van der Waals surface area contributed by atoms with Gasteiger partial charge in [0.1, 0.15) is 0 Å². The van der Waals surface area contributed by atoms with Crippen molar-refractivity contribution >= 4 is 28.8 Å². The Morgan fingerprint density at radius 3 is 2.63 bits per heavy atom. The van der Waals surface area contributed by atoms with Crippen molar-refractivity contribution in [1.29, 1.82) is 0 Å². The lowest BCUT2D eigenvalue weighted by atomic mass is 10.1. The van der Waals surface area contributed by atoms with Crippen LogP contribution in [-0.4, -0.2) is 19.1 Å². The molecule has 0 amide bonds. The van der Waals surface area contributed by atoms with Crippen molar-refractivity contribution in [3.8, 4) is 0 Å². The maximum absolute atomic E-state index is 13.7. The number of nitrogens with one attached hydrogen (secondary N) is 1. The number of aryl methyl sites for hydroxylation is 1. The summed E-state index contributed by atoms with van der Waals surface area (Å²) >= 11 is 5.67. The minimum Gasteiger partial charge on any atom is -0.377 e. The van der Waals surface area contributed by atoms with E-state index in [1.165, 1.54) is 12.3 Å². The average Bonchev–Trinajstić information content (AvgIpc) is 2.34. The number of aromatic nitrogens is 1. The summed E-state index contributed by atoms with van der Waals surface area (Å²) in [6.07, 6.45) is 1.41. The summed E-state index contributed by atoms with van der Waals surface area (Å²) in [7, 11) is 3.93. The minimum atomic E-state index is -0.473. The van der Waals surface area contributed by atoms with Gasteiger partial charge in [-0.2, -0.15) is 0 Å².